The van der Waals surface area contributed by atoms with Crippen molar-refractivity contribution in [2.75, 3.05) is 13.2 Å². The summed E-state index contributed by atoms with van der Waals surface area (Å²) >= 11 is 0. The monoisotopic (exact) mass is 432 g/mol. The van der Waals surface area contributed by atoms with Gasteiger partial charge in [0.2, 0.25) is 0 Å². The van der Waals surface area contributed by atoms with Crippen molar-refractivity contribution in [2.45, 2.75) is 91.7 Å². The first-order valence-corrected chi connectivity index (χ1v) is 9.96. The van der Waals surface area contributed by atoms with Crippen LogP contribution in [0.15, 0.2) is 0 Å². The van der Waals surface area contributed by atoms with Gasteiger partial charge in [-0.2, -0.15) is 4.90 Å². The fourth-order valence-electron chi connectivity index (χ4n) is 2.20. The van der Waals surface area contributed by atoms with E-state index in [1.807, 2.05) is 0 Å². The molecule has 0 unspecified atom stereocenters. The van der Waals surface area contributed by atoms with Gasteiger partial charge in [0.05, 0.1) is 6.61 Å². The first-order valence-electron chi connectivity index (χ1n) is 9.96. The number of carbonyl (C=O) groups is 4. The minimum absolute atomic E-state index is 0.111. The zero-order valence-electron chi connectivity index (χ0n) is 19.3. The third kappa shape index (κ3) is 11.6. The number of esters is 1. The number of nitrogens with zero attached hydrogens (tertiary/aromatic N) is 1. The van der Waals surface area contributed by atoms with Gasteiger partial charge in [0.1, 0.15) is 17.2 Å². The van der Waals surface area contributed by atoms with Crippen LogP contribution in [0.25, 0.3) is 0 Å². The quantitative estimate of drug-likeness (QED) is 0.182. The minimum Gasteiger partial charge on any atom is -0.465 e. The van der Waals surface area contributed by atoms with Gasteiger partial charge < -0.3 is 24.3 Å². The molecule has 0 aromatic heterocycles. The second-order valence-corrected chi connectivity index (χ2v) is 8.59. The second-order valence-electron chi connectivity index (χ2n) is 8.59. The van der Waals surface area contributed by atoms with Crippen molar-refractivity contribution in [2.24, 2.45) is 0 Å². The summed E-state index contributed by atoms with van der Waals surface area (Å²) in [6.45, 7) is 14.0. The molecule has 0 radical (unpaired) electrons. The van der Waals surface area contributed by atoms with Gasteiger partial charge in [-0.15, -0.1) is 0 Å². The van der Waals surface area contributed by atoms with Gasteiger partial charge in [-0.3, -0.25) is 9.59 Å². The lowest BCUT2D eigenvalue weighted by Crippen LogP contribution is -2.50. The van der Waals surface area contributed by atoms with Crippen LogP contribution >= 0.6 is 0 Å². The van der Waals surface area contributed by atoms with Crippen molar-refractivity contribution in [3.05, 3.63) is 0 Å². The standard InChI is InChI=1S/C20H36N2O8/c1-9-27-16(24)14(2)21-12-10-11-15(28-13-23)22(17(25)29-19(3,4)5)18(26)30-20(6,7)8/h13-15,21H,9-12H2,1-8H3/t14-,15-/m0/s1. The van der Waals surface area contributed by atoms with Crippen LogP contribution in [0.1, 0.15) is 68.2 Å². The lowest BCUT2D eigenvalue weighted by atomic mass is 10.2. The van der Waals surface area contributed by atoms with Gasteiger partial charge in [-0.25, -0.2) is 9.59 Å². The van der Waals surface area contributed by atoms with Crippen molar-refractivity contribution in [1.82, 2.24) is 10.2 Å². The molecule has 0 aliphatic heterocycles. The molecule has 0 saturated carbocycles. The molecule has 0 aliphatic rings. The molecule has 0 heterocycles. The summed E-state index contributed by atoms with van der Waals surface area (Å²) < 4.78 is 20.5. The topological polar surface area (TPSA) is 120 Å². The lowest BCUT2D eigenvalue weighted by molar-refractivity contribution is -0.145. The number of imide groups is 1. The normalized spacial score (nSPS) is 13.6. The molecular formula is C20H36N2O8. The van der Waals surface area contributed by atoms with Crippen LogP contribution < -0.4 is 5.32 Å². The highest BCUT2D eigenvalue weighted by molar-refractivity contribution is 5.88. The molecular weight excluding hydrogens is 396 g/mol. The molecule has 0 saturated heterocycles. The van der Waals surface area contributed by atoms with Crippen molar-refractivity contribution in [3.63, 3.8) is 0 Å². The fourth-order valence-corrected chi connectivity index (χ4v) is 2.20. The van der Waals surface area contributed by atoms with Crippen LogP contribution in [0.4, 0.5) is 9.59 Å². The molecule has 0 bridgehead atoms. The number of rotatable bonds is 10. The second kappa shape index (κ2) is 12.4. The van der Waals surface area contributed by atoms with E-state index in [0.29, 0.717) is 17.9 Å². The van der Waals surface area contributed by atoms with E-state index in [-0.39, 0.29) is 25.5 Å². The molecule has 2 atom stereocenters. The van der Waals surface area contributed by atoms with Gasteiger partial charge >= 0.3 is 18.2 Å². The Morgan fingerprint density at radius 1 is 1.00 bits per heavy atom. The van der Waals surface area contributed by atoms with E-state index in [9.17, 15) is 19.2 Å². The van der Waals surface area contributed by atoms with E-state index in [0.717, 1.165) is 0 Å². The summed E-state index contributed by atoms with van der Waals surface area (Å²) in [4.78, 5) is 48.6. The smallest absolute Gasteiger partial charge is 0.422 e. The van der Waals surface area contributed by atoms with Crippen LogP contribution in [0, 0.1) is 0 Å². The molecule has 174 valence electrons. The zero-order chi connectivity index (χ0) is 23.5. The number of hydrogen-bond donors (Lipinski definition) is 1. The highest BCUT2D eigenvalue weighted by Gasteiger charge is 2.37. The summed E-state index contributed by atoms with van der Waals surface area (Å²) in [7, 11) is 0. The molecule has 2 amide bonds. The molecule has 10 heteroatoms. The van der Waals surface area contributed by atoms with E-state index >= 15 is 0 Å². The predicted octanol–water partition coefficient (Wildman–Crippen LogP) is 2.98. The SMILES string of the molecule is CCOC(=O)[C@H](C)NCCC[C@H](OC=O)N(C(=O)OC(C)(C)C)C(=O)OC(C)(C)C. The average molecular weight is 433 g/mol. The van der Waals surface area contributed by atoms with Crippen molar-refractivity contribution < 1.29 is 38.1 Å². The Morgan fingerprint density at radius 3 is 1.90 bits per heavy atom. The Kier molecular flexibility index (Phi) is 11.4. The Hall–Kier alpha value is -2.36. The van der Waals surface area contributed by atoms with E-state index in [1.54, 1.807) is 55.4 Å². The lowest BCUT2D eigenvalue weighted by Gasteiger charge is -2.32. The van der Waals surface area contributed by atoms with E-state index in [4.69, 9.17) is 18.9 Å². The first-order chi connectivity index (χ1) is 13.7. The largest absolute Gasteiger partial charge is 0.465 e. The van der Waals surface area contributed by atoms with Gasteiger partial charge in [0.15, 0.2) is 6.23 Å². The molecule has 10 nitrogen and oxygen atoms in total. The highest BCUT2D eigenvalue weighted by Crippen LogP contribution is 2.19. The molecule has 0 fully saturated rings. The zero-order valence-corrected chi connectivity index (χ0v) is 19.3. The summed E-state index contributed by atoms with van der Waals surface area (Å²) in [5.74, 6) is -0.387. The Labute approximate surface area is 178 Å². The van der Waals surface area contributed by atoms with Crippen LogP contribution in [0.5, 0.6) is 0 Å². The Morgan fingerprint density at radius 2 is 1.50 bits per heavy atom. The molecule has 0 aromatic rings. The maximum atomic E-state index is 12.6. The average Bonchev–Trinajstić information content (AvgIpc) is 2.55. The van der Waals surface area contributed by atoms with Gasteiger partial charge in [0.25, 0.3) is 6.47 Å². The number of carbonyl (C=O) groups excluding carboxylic acids is 4. The van der Waals surface area contributed by atoms with Gasteiger partial charge in [-0.1, -0.05) is 0 Å². The third-order valence-electron chi connectivity index (χ3n) is 3.40. The summed E-state index contributed by atoms with van der Waals surface area (Å²) in [5.41, 5.74) is -1.75. The maximum absolute atomic E-state index is 12.6. The number of nitrogens with one attached hydrogen (secondary N) is 1. The van der Waals surface area contributed by atoms with E-state index in [2.05, 4.69) is 5.32 Å². The van der Waals surface area contributed by atoms with Crippen LogP contribution in [-0.2, 0) is 28.5 Å². The van der Waals surface area contributed by atoms with Crippen LogP contribution in [-0.4, -0.2) is 66.2 Å². The molecule has 0 aliphatic carbocycles. The highest BCUT2D eigenvalue weighted by atomic mass is 16.6. The molecule has 0 rings (SSSR count). The fraction of sp³-hybridized carbons (Fsp3) is 0.800. The maximum Gasteiger partial charge on any atom is 0.422 e. The van der Waals surface area contributed by atoms with E-state index in [1.165, 1.54) is 0 Å². The van der Waals surface area contributed by atoms with Crippen molar-refractivity contribution >= 4 is 24.6 Å². The molecule has 0 spiro atoms. The minimum atomic E-state index is -1.23. The van der Waals surface area contributed by atoms with E-state index < -0.39 is 35.7 Å². The van der Waals surface area contributed by atoms with Crippen molar-refractivity contribution in [1.29, 1.82) is 0 Å². The molecule has 30 heavy (non-hydrogen) atoms. The molecule has 0 aromatic carbocycles. The van der Waals surface area contributed by atoms with Gasteiger partial charge in [0, 0.05) is 6.42 Å². The van der Waals surface area contributed by atoms with Crippen LogP contribution in [0.2, 0.25) is 0 Å². The first kappa shape index (κ1) is 27.6. The van der Waals surface area contributed by atoms with Crippen LogP contribution in [0.3, 0.4) is 0 Å². The number of amides is 2. The van der Waals surface area contributed by atoms with Gasteiger partial charge in [-0.05, 0) is 68.4 Å². The number of ether oxygens (including phenoxy) is 4. The summed E-state index contributed by atoms with van der Waals surface area (Å²) in [6, 6.07) is -0.525. The molecule has 1 N–H and O–H groups in total. The van der Waals surface area contributed by atoms with Crippen molar-refractivity contribution in [3.8, 4) is 0 Å². The number of hydrogen-bond acceptors (Lipinski definition) is 9. The predicted molar refractivity (Wildman–Crippen MR) is 109 cm³/mol. The Bertz CT molecular complexity index is 552. The summed E-state index contributed by atoms with van der Waals surface area (Å²) in [6.07, 6.45) is -2.72. The Balaban J connectivity index is 5.25. The third-order valence-corrected chi connectivity index (χ3v) is 3.40. The summed E-state index contributed by atoms with van der Waals surface area (Å²) in [5, 5.41) is 2.97.